The summed E-state index contributed by atoms with van der Waals surface area (Å²) in [5.41, 5.74) is 1.61. The van der Waals surface area contributed by atoms with Gasteiger partial charge in [-0.15, -0.1) is 0 Å². The zero-order valence-electron chi connectivity index (χ0n) is 17.3. The summed E-state index contributed by atoms with van der Waals surface area (Å²) in [6.45, 7) is -1.43. The number of benzene rings is 2. The first kappa shape index (κ1) is 22.0. The smallest absolute Gasteiger partial charge is 0.405 e. The van der Waals surface area contributed by atoms with Gasteiger partial charge in [-0.1, -0.05) is 12.1 Å². The fourth-order valence-corrected chi connectivity index (χ4v) is 3.15. The number of alkyl halides is 3. The van der Waals surface area contributed by atoms with Gasteiger partial charge in [0.2, 0.25) is 0 Å². The number of rotatable bonds is 6. The number of hydrogen-bond acceptors (Lipinski definition) is 6. The van der Waals surface area contributed by atoms with Gasteiger partial charge in [-0.3, -0.25) is 9.78 Å². The van der Waals surface area contributed by atoms with Crippen molar-refractivity contribution in [3.8, 4) is 17.1 Å². The van der Waals surface area contributed by atoms with E-state index in [1.54, 1.807) is 60.9 Å². The molecule has 168 valence electrons. The zero-order valence-corrected chi connectivity index (χ0v) is 17.3. The molecule has 2 aromatic heterocycles. The molecule has 0 aliphatic rings. The van der Waals surface area contributed by atoms with E-state index >= 15 is 0 Å². The highest BCUT2D eigenvalue weighted by molar-refractivity contribution is 6.02. The Bertz CT molecular complexity index is 1300. The van der Waals surface area contributed by atoms with E-state index < -0.39 is 18.6 Å². The van der Waals surface area contributed by atoms with Gasteiger partial charge in [0.05, 0.1) is 23.9 Å². The summed E-state index contributed by atoms with van der Waals surface area (Å²) in [5, 5.41) is 5.58. The van der Waals surface area contributed by atoms with Crippen LogP contribution in [0.1, 0.15) is 10.4 Å². The van der Waals surface area contributed by atoms with Gasteiger partial charge in [-0.05, 0) is 42.5 Å². The van der Waals surface area contributed by atoms with Crippen LogP contribution in [-0.2, 0) is 0 Å². The Hall–Kier alpha value is -4.21. The van der Waals surface area contributed by atoms with E-state index in [4.69, 9.17) is 4.74 Å². The van der Waals surface area contributed by atoms with Gasteiger partial charge in [-0.25, -0.2) is 9.97 Å². The van der Waals surface area contributed by atoms with Gasteiger partial charge in [-0.2, -0.15) is 13.2 Å². The van der Waals surface area contributed by atoms with Crippen LogP contribution in [-0.4, -0.2) is 40.7 Å². The lowest BCUT2D eigenvalue weighted by molar-refractivity contribution is -0.123. The lowest BCUT2D eigenvalue weighted by atomic mass is 10.1. The van der Waals surface area contributed by atoms with Gasteiger partial charge in [0.25, 0.3) is 5.91 Å². The lowest BCUT2D eigenvalue weighted by Gasteiger charge is -2.15. The molecule has 0 spiro atoms. The van der Waals surface area contributed by atoms with Gasteiger partial charge in [0.1, 0.15) is 18.1 Å². The SMILES string of the molecule is COc1ccc2nc(-c3cccnc3)nc(Nc3ccccc3C(=O)NCC(F)(F)F)c2c1. The first-order valence-electron chi connectivity index (χ1n) is 9.81. The number of methoxy groups -OCH3 is 1. The summed E-state index contributed by atoms with van der Waals surface area (Å²) in [6, 6.07) is 15.1. The average Bonchev–Trinajstić information content (AvgIpc) is 2.82. The largest absolute Gasteiger partial charge is 0.497 e. The summed E-state index contributed by atoms with van der Waals surface area (Å²) in [5.74, 6) is 0.453. The molecular weight excluding hydrogens is 435 g/mol. The topological polar surface area (TPSA) is 89.0 Å². The second kappa shape index (κ2) is 9.11. The molecule has 4 rings (SSSR count). The number of aromatic nitrogens is 3. The van der Waals surface area contributed by atoms with Crippen LogP contribution < -0.4 is 15.4 Å². The van der Waals surface area contributed by atoms with Crippen molar-refractivity contribution in [1.29, 1.82) is 0 Å². The highest BCUT2D eigenvalue weighted by Gasteiger charge is 2.28. The van der Waals surface area contributed by atoms with E-state index in [1.165, 1.54) is 13.2 Å². The van der Waals surface area contributed by atoms with Crippen molar-refractivity contribution in [2.24, 2.45) is 0 Å². The number of fused-ring (bicyclic) bond motifs is 1. The molecule has 0 fully saturated rings. The molecule has 0 aliphatic heterocycles. The van der Waals surface area contributed by atoms with E-state index in [1.807, 2.05) is 5.32 Å². The quantitative estimate of drug-likeness (QED) is 0.439. The molecule has 0 unspecified atom stereocenters. The van der Waals surface area contributed by atoms with E-state index in [2.05, 4.69) is 20.3 Å². The first-order valence-corrected chi connectivity index (χ1v) is 9.81. The van der Waals surface area contributed by atoms with Gasteiger partial charge in [0, 0.05) is 23.3 Å². The van der Waals surface area contributed by atoms with Crippen LogP contribution in [0.4, 0.5) is 24.7 Å². The Morgan fingerprint density at radius 2 is 1.88 bits per heavy atom. The normalized spacial score (nSPS) is 11.3. The molecule has 2 heterocycles. The minimum atomic E-state index is -4.52. The van der Waals surface area contributed by atoms with E-state index in [-0.39, 0.29) is 11.3 Å². The van der Waals surface area contributed by atoms with E-state index in [0.29, 0.717) is 33.9 Å². The van der Waals surface area contributed by atoms with Crippen LogP contribution >= 0.6 is 0 Å². The second-order valence-corrected chi connectivity index (χ2v) is 6.99. The van der Waals surface area contributed by atoms with E-state index in [0.717, 1.165) is 0 Å². The second-order valence-electron chi connectivity index (χ2n) is 6.99. The number of halogens is 3. The van der Waals surface area contributed by atoms with Gasteiger partial charge >= 0.3 is 6.18 Å². The molecule has 0 atom stereocenters. The van der Waals surface area contributed by atoms with Crippen molar-refractivity contribution < 1.29 is 22.7 Å². The van der Waals surface area contributed by atoms with Crippen LogP contribution in [0.2, 0.25) is 0 Å². The predicted octanol–water partition coefficient (Wildman–Crippen LogP) is 4.74. The number of nitrogens with zero attached hydrogens (tertiary/aromatic N) is 3. The van der Waals surface area contributed by atoms with Crippen molar-refractivity contribution in [2.45, 2.75) is 6.18 Å². The minimum Gasteiger partial charge on any atom is -0.497 e. The van der Waals surface area contributed by atoms with E-state index in [9.17, 15) is 18.0 Å². The number of para-hydroxylation sites is 1. The van der Waals surface area contributed by atoms with Crippen molar-refractivity contribution in [2.75, 3.05) is 19.0 Å². The maximum absolute atomic E-state index is 12.6. The predicted molar refractivity (Wildman–Crippen MR) is 117 cm³/mol. The Morgan fingerprint density at radius 1 is 1.06 bits per heavy atom. The van der Waals surface area contributed by atoms with Gasteiger partial charge < -0.3 is 15.4 Å². The van der Waals surface area contributed by atoms with Crippen LogP contribution in [0.15, 0.2) is 67.0 Å². The van der Waals surface area contributed by atoms with Crippen LogP contribution in [0.3, 0.4) is 0 Å². The van der Waals surface area contributed by atoms with Gasteiger partial charge in [0.15, 0.2) is 5.82 Å². The Labute approximate surface area is 186 Å². The molecule has 1 amide bonds. The molecule has 7 nitrogen and oxygen atoms in total. The molecule has 2 aromatic carbocycles. The van der Waals surface area contributed by atoms with Crippen LogP contribution in [0.5, 0.6) is 5.75 Å². The monoisotopic (exact) mass is 453 g/mol. The summed E-state index contributed by atoms with van der Waals surface area (Å²) in [4.78, 5) is 25.7. The number of pyridine rings is 1. The third-order valence-electron chi connectivity index (χ3n) is 4.70. The summed E-state index contributed by atoms with van der Waals surface area (Å²) in [7, 11) is 1.53. The number of anilines is 2. The maximum atomic E-state index is 12.6. The number of hydrogen-bond donors (Lipinski definition) is 2. The zero-order chi connectivity index (χ0) is 23.4. The fourth-order valence-electron chi connectivity index (χ4n) is 3.15. The molecule has 0 radical (unpaired) electrons. The molecular formula is C23H18F3N5O2. The van der Waals surface area contributed by atoms with Crippen molar-refractivity contribution >= 4 is 28.3 Å². The minimum absolute atomic E-state index is 0.0411. The molecule has 0 bridgehead atoms. The average molecular weight is 453 g/mol. The van der Waals surface area contributed by atoms with Crippen molar-refractivity contribution in [3.05, 3.63) is 72.6 Å². The Morgan fingerprint density at radius 3 is 2.61 bits per heavy atom. The third-order valence-corrected chi connectivity index (χ3v) is 4.70. The molecule has 2 N–H and O–H groups in total. The van der Waals surface area contributed by atoms with Crippen LogP contribution in [0.25, 0.3) is 22.3 Å². The Kier molecular flexibility index (Phi) is 6.07. The highest BCUT2D eigenvalue weighted by atomic mass is 19.4. The molecule has 0 saturated heterocycles. The molecule has 4 aromatic rings. The standard InChI is InChI=1S/C23H18F3N5O2/c1-33-15-8-9-19-17(11-15)21(31-20(29-19)14-5-4-10-27-12-14)30-18-7-3-2-6-16(18)22(32)28-13-23(24,25)26/h2-12H,13H2,1H3,(H,28,32)(H,29,30,31). The van der Waals surface area contributed by atoms with Crippen molar-refractivity contribution in [3.63, 3.8) is 0 Å². The van der Waals surface area contributed by atoms with Crippen LogP contribution in [0, 0.1) is 0 Å². The summed E-state index contributed by atoms with van der Waals surface area (Å²) in [6.07, 6.45) is -1.27. The number of carbonyl (C=O) groups is 1. The lowest BCUT2D eigenvalue weighted by Crippen LogP contribution is -2.34. The number of carbonyl (C=O) groups excluding carboxylic acids is 1. The third kappa shape index (κ3) is 5.17. The number of amides is 1. The molecule has 33 heavy (non-hydrogen) atoms. The fraction of sp³-hybridized carbons (Fsp3) is 0.130. The van der Waals surface area contributed by atoms with Crippen molar-refractivity contribution in [1.82, 2.24) is 20.3 Å². The highest BCUT2D eigenvalue weighted by Crippen LogP contribution is 2.31. The number of ether oxygens (including phenoxy) is 1. The maximum Gasteiger partial charge on any atom is 0.405 e. The summed E-state index contributed by atoms with van der Waals surface area (Å²) >= 11 is 0. The molecule has 10 heteroatoms. The summed E-state index contributed by atoms with van der Waals surface area (Å²) < 4.78 is 43.0. The molecule has 0 saturated carbocycles. The first-order chi connectivity index (χ1) is 15.8. The Balaban J connectivity index is 1.78. The molecule has 0 aliphatic carbocycles. The number of nitrogens with one attached hydrogen (secondary N) is 2.